The van der Waals surface area contributed by atoms with Crippen molar-refractivity contribution in [2.24, 2.45) is 0 Å². The minimum atomic E-state index is -0.217. The maximum absolute atomic E-state index is 12.7. The van der Waals surface area contributed by atoms with Crippen molar-refractivity contribution in [2.75, 3.05) is 18.4 Å². The van der Waals surface area contributed by atoms with Crippen LogP contribution < -0.4 is 10.6 Å². The van der Waals surface area contributed by atoms with E-state index in [-0.39, 0.29) is 5.91 Å². The highest BCUT2D eigenvalue weighted by Gasteiger charge is 2.23. The monoisotopic (exact) mass is 367 g/mol. The lowest BCUT2D eigenvalue weighted by atomic mass is 10.1. The Balaban J connectivity index is 1.52. The smallest absolute Gasteiger partial charge is 0.278 e. The molecule has 0 bridgehead atoms. The predicted molar refractivity (Wildman–Crippen MR) is 104 cm³/mol. The molecular weight excluding hydrogens is 346 g/mol. The van der Waals surface area contributed by atoms with E-state index in [2.05, 4.69) is 27.0 Å². The van der Waals surface area contributed by atoms with Crippen LogP contribution in [-0.4, -0.2) is 34.0 Å². The van der Waals surface area contributed by atoms with Gasteiger partial charge in [0.25, 0.3) is 5.91 Å². The second kappa shape index (κ2) is 7.39. The van der Waals surface area contributed by atoms with Crippen LogP contribution in [0.15, 0.2) is 41.8 Å². The van der Waals surface area contributed by atoms with Gasteiger partial charge in [-0.1, -0.05) is 23.4 Å². The summed E-state index contributed by atoms with van der Waals surface area (Å²) in [6.45, 7) is 3.86. The average Bonchev–Trinajstić information content (AvgIpc) is 3.32. The van der Waals surface area contributed by atoms with Gasteiger partial charge in [0.1, 0.15) is 0 Å². The van der Waals surface area contributed by atoms with E-state index in [1.807, 2.05) is 47.3 Å². The highest BCUT2D eigenvalue weighted by molar-refractivity contribution is 7.13. The number of amides is 1. The lowest BCUT2D eigenvalue weighted by Gasteiger charge is -2.23. The van der Waals surface area contributed by atoms with Gasteiger partial charge >= 0.3 is 0 Å². The molecule has 26 heavy (non-hydrogen) atoms. The van der Waals surface area contributed by atoms with E-state index in [9.17, 15) is 4.79 Å². The molecule has 1 aliphatic heterocycles. The number of hydrogen-bond donors (Lipinski definition) is 2. The Labute approximate surface area is 156 Å². The van der Waals surface area contributed by atoms with Crippen molar-refractivity contribution in [3.8, 4) is 10.4 Å². The van der Waals surface area contributed by atoms with Gasteiger partial charge in [0.2, 0.25) is 0 Å². The van der Waals surface area contributed by atoms with Crippen LogP contribution >= 0.6 is 11.3 Å². The summed E-state index contributed by atoms with van der Waals surface area (Å²) in [6.07, 6.45) is 2.02. The number of carbonyl (C=O) groups excluding carboxylic acids is 1. The van der Waals surface area contributed by atoms with E-state index in [0.29, 0.717) is 11.7 Å². The minimum absolute atomic E-state index is 0.217. The van der Waals surface area contributed by atoms with E-state index in [1.165, 1.54) is 4.88 Å². The molecular formula is C19H21N5OS. The molecule has 1 aromatic carbocycles. The fraction of sp³-hybridized carbons (Fsp3) is 0.316. The topological polar surface area (TPSA) is 71.8 Å². The first-order chi connectivity index (χ1) is 12.7. The molecule has 134 valence electrons. The number of anilines is 1. The van der Waals surface area contributed by atoms with Gasteiger partial charge in [-0.15, -0.1) is 16.4 Å². The quantitative estimate of drug-likeness (QED) is 0.740. The van der Waals surface area contributed by atoms with Gasteiger partial charge in [0.05, 0.1) is 11.7 Å². The summed E-state index contributed by atoms with van der Waals surface area (Å²) in [5, 5.41) is 16.7. The summed E-state index contributed by atoms with van der Waals surface area (Å²) < 4.78 is 1.90. The van der Waals surface area contributed by atoms with Crippen molar-refractivity contribution < 1.29 is 4.79 Å². The normalized spacial score (nSPS) is 15.1. The molecule has 3 aromatic rings. The summed E-state index contributed by atoms with van der Waals surface area (Å²) in [6, 6.07) is 12.3. The van der Waals surface area contributed by atoms with E-state index in [4.69, 9.17) is 0 Å². The van der Waals surface area contributed by atoms with Gasteiger partial charge in [-0.2, -0.15) is 0 Å². The van der Waals surface area contributed by atoms with Crippen molar-refractivity contribution in [3.05, 3.63) is 53.2 Å². The summed E-state index contributed by atoms with van der Waals surface area (Å²) >= 11 is 1.68. The van der Waals surface area contributed by atoms with Crippen LogP contribution in [-0.2, 0) is 0 Å². The molecule has 1 fully saturated rings. The first-order valence-corrected chi connectivity index (χ1v) is 9.68. The number of piperidine rings is 1. The summed E-state index contributed by atoms with van der Waals surface area (Å²) in [5.74, 6) is -0.217. The van der Waals surface area contributed by atoms with Gasteiger partial charge < -0.3 is 10.6 Å². The molecule has 0 saturated carbocycles. The number of hydrogen-bond acceptors (Lipinski definition) is 5. The van der Waals surface area contributed by atoms with Crippen LogP contribution in [0.3, 0.4) is 0 Å². The van der Waals surface area contributed by atoms with Crippen molar-refractivity contribution in [2.45, 2.75) is 25.8 Å². The Bertz CT molecular complexity index is 897. The fourth-order valence-corrected chi connectivity index (χ4v) is 4.06. The standard InChI is InChI=1S/C19H21N5OS/c1-13-18(22-23-24(13)16-7-9-20-10-8-16)19(25)21-15-5-2-4-14(12-15)17-6-3-11-26-17/h2-6,11-12,16,20H,7-10H2,1H3,(H,21,25). The summed E-state index contributed by atoms with van der Waals surface area (Å²) in [5.41, 5.74) is 3.07. The van der Waals surface area contributed by atoms with Crippen molar-refractivity contribution >= 4 is 22.9 Å². The minimum Gasteiger partial charge on any atom is -0.321 e. The lowest BCUT2D eigenvalue weighted by Crippen LogP contribution is -2.30. The van der Waals surface area contributed by atoms with E-state index < -0.39 is 0 Å². The van der Waals surface area contributed by atoms with E-state index in [1.54, 1.807) is 11.3 Å². The SMILES string of the molecule is Cc1c(C(=O)Nc2cccc(-c3cccs3)c2)nnn1C1CCNCC1. The third kappa shape index (κ3) is 3.40. The van der Waals surface area contributed by atoms with Crippen LogP contribution in [0.25, 0.3) is 10.4 Å². The molecule has 2 aromatic heterocycles. The third-order valence-electron chi connectivity index (χ3n) is 4.72. The first-order valence-electron chi connectivity index (χ1n) is 8.80. The molecule has 7 heteroatoms. The third-order valence-corrected chi connectivity index (χ3v) is 5.64. The van der Waals surface area contributed by atoms with E-state index >= 15 is 0 Å². The molecule has 4 rings (SSSR count). The first kappa shape index (κ1) is 16.9. The number of benzene rings is 1. The number of nitrogens with zero attached hydrogens (tertiary/aromatic N) is 3. The number of nitrogens with one attached hydrogen (secondary N) is 2. The van der Waals surface area contributed by atoms with Gasteiger partial charge in [0, 0.05) is 10.6 Å². The second-order valence-corrected chi connectivity index (χ2v) is 7.41. The Morgan fingerprint density at radius 1 is 1.27 bits per heavy atom. The summed E-state index contributed by atoms with van der Waals surface area (Å²) in [7, 11) is 0. The number of aromatic nitrogens is 3. The van der Waals surface area contributed by atoms with Gasteiger partial charge in [0.15, 0.2) is 5.69 Å². The Kier molecular flexibility index (Phi) is 4.81. The Morgan fingerprint density at radius 2 is 2.12 bits per heavy atom. The van der Waals surface area contributed by atoms with Gasteiger partial charge in [-0.05, 0) is 62.0 Å². The van der Waals surface area contributed by atoms with E-state index in [0.717, 1.165) is 42.9 Å². The largest absolute Gasteiger partial charge is 0.321 e. The Hall–Kier alpha value is -2.51. The molecule has 0 atom stereocenters. The van der Waals surface area contributed by atoms with Crippen LogP contribution in [0.4, 0.5) is 5.69 Å². The molecule has 2 N–H and O–H groups in total. The van der Waals surface area contributed by atoms with Gasteiger partial charge in [-0.25, -0.2) is 4.68 Å². The van der Waals surface area contributed by atoms with Crippen molar-refractivity contribution in [1.82, 2.24) is 20.3 Å². The number of rotatable bonds is 4. The van der Waals surface area contributed by atoms with Crippen LogP contribution in [0, 0.1) is 6.92 Å². The average molecular weight is 367 g/mol. The molecule has 1 saturated heterocycles. The molecule has 0 radical (unpaired) electrons. The summed E-state index contributed by atoms with van der Waals surface area (Å²) in [4.78, 5) is 13.9. The van der Waals surface area contributed by atoms with Crippen molar-refractivity contribution in [1.29, 1.82) is 0 Å². The van der Waals surface area contributed by atoms with Crippen molar-refractivity contribution in [3.63, 3.8) is 0 Å². The highest BCUT2D eigenvalue weighted by atomic mass is 32.1. The van der Waals surface area contributed by atoms with Gasteiger partial charge in [-0.3, -0.25) is 4.79 Å². The molecule has 1 aliphatic rings. The molecule has 0 unspecified atom stereocenters. The van der Waals surface area contributed by atoms with Crippen LogP contribution in [0.5, 0.6) is 0 Å². The second-order valence-electron chi connectivity index (χ2n) is 6.46. The number of carbonyl (C=O) groups is 1. The molecule has 0 spiro atoms. The zero-order valence-electron chi connectivity index (χ0n) is 14.6. The highest BCUT2D eigenvalue weighted by Crippen LogP contribution is 2.27. The zero-order chi connectivity index (χ0) is 17.9. The zero-order valence-corrected chi connectivity index (χ0v) is 15.4. The maximum Gasteiger partial charge on any atom is 0.278 e. The van der Waals surface area contributed by atoms with Crippen LogP contribution in [0.1, 0.15) is 35.1 Å². The predicted octanol–water partition coefficient (Wildman–Crippen LogP) is 3.49. The molecule has 6 nitrogen and oxygen atoms in total. The lowest BCUT2D eigenvalue weighted by molar-refractivity contribution is 0.102. The Morgan fingerprint density at radius 3 is 2.88 bits per heavy atom. The maximum atomic E-state index is 12.7. The molecule has 0 aliphatic carbocycles. The molecule has 3 heterocycles. The fourth-order valence-electron chi connectivity index (χ4n) is 3.33. The number of thiophene rings is 1. The molecule has 1 amide bonds. The van der Waals surface area contributed by atoms with Crippen LogP contribution in [0.2, 0.25) is 0 Å².